The van der Waals surface area contributed by atoms with E-state index >= 15 is 0 Å². The Morgan fingerprint density at radius 3 is 2.89 bits per heavy atom. The second-order valence-corrected chi connectivity index (χ2v) is 4.63. The third-order valence-electron chi connectivity index (χ3n) is 3.27. The Bertz CT molecular complexity index is 550. The summed E-state index contributed by atoms with van der Waals surface area (Å²) in [5.74, 6) is 5.37. The van der Waals surface area contributed by atoms with Crippen LogP contribution in [0.3, 0.4) is 0 Å². The van der Waals surface area contributed by atoms with E-state index in [1.807, 2.05) is 30.9 Å². The number of halogens is 1. The van der Waals surface area contributed by atoms with Gasteiger partial charge in [0.2, 0.25) is 0 Å². The molecular weight excluding hydrogens is 243 g/mol. The molecule has 0 saturated carbocycles. The number of rotatable bonds is 5. The van der Waals surface area contributed by atoms with Crippen LogP contribution in [0.4, 0.5) is 4.39 Å². The fourth-order valence-electron chi connectivity index (χ4n) is 2.17. The number of nitrogens with two attached hydrogens (primary N) is 1. The first kappa shape index (κ1) is 13.7. The van der Waals surface area contributed by atoms with Crippen LogP contribution in [0, 0.1) is 12.7 Å². The van der Waals surface area contributed by atoms with Gasteiger partial charge in [0, 0.05) is 12.7 Å². The first-order valence-electron chi connectivity index (χ1n) is 6.37. The van der Waals surface area contributed by atoms with E-state index in [-0.39, 0.29) is 11.9 Å². The average molecular weight is 262 g/mol. The van der Waals surface area contributed by atoms with Crippen molar-refractivity contribution >= 4 is 0 Å². The summed E-state index contributed by atoms with van der Waals surface area (Å²) in [5.41, 5.74) is 5.74. The van der Waals surface area contributed by atoms with Crippen LogP contribution >= 0.6 is 0 Å². The molecule has 0 radical (unpaired) electrons. The summed E-state index contributed by atoms with van der Waals surface area (Å²) in [6.45, 7) is 4.82. The molecule has 1 atom stereocenters. The van der Waals surface area contributed by atoms with Gasteiger partial charge in [0.15, 0.2) is 0 Å². The molecule has 102 valence electrons. The lowest BCUT2D eigenvalue weighted by atomic mass is 9.97. The van der Waals surface area contributed by atoms with Crippen molar-refractivity contribution in [2.24, 2.45) is 5.84 Å². The zero-order chi connectivity index (χ0) is 13.8. The van der Waals surface area contributed by atoms with Crippen LogP contribution < -0.4 is 11.3 Å². The van der Waals surface area contributed by atoms with Crippen LogP contribution in [0.5, 0.6) is 0 Å². The van der Waals surface area contributed by atoms with Gasteiger partial charge >= 0.3 is 0 Å². The summed E-state index contributed by atoms with van der Waals surface area (Å²) < 4.78 is 15.2. The third kappa shape index (κ3) is 3.19. The highest BCUT2D eigenvalue weighted by Crippen LogP contribution is 2.22. The lowest BCUT2D eigenvalue weighted by molar-refractivity contribution is 0.541. The highest BCUT2D eigenvalue weighted by molar-refractivity contribution is 5.30. The number of hydrogen-bond donors (Lipinski definition) is 2. The zero-order valence-corrected chi connectivity index (χ0v) is 11.2. The lowest BCUT2D eigenvalue weighted by Crippen LogP contribution is -2.30. The van der Waals surface area contributed by atoms with Gasteiger partial charge in [-0.2, -0.15) is 5.10 Å². The predicted octanol–water partition coefficient (Wildman–Crippen LogP) is 2.10. The monoisotopic (exact) mass is 262 g/mol. The Morgan fingerprint density at radius 1 is 1.47 bits per heavy atom. The summed E-state index contributed by atoms with van der Waals surface area (Å²) in [4.78, 5) is 0. The number of aryl methyl sites for hydroxylation is 2. The molecule has 5 heteroatoms. The summed E-state index contributed by atoms with van der Waals surface area (Å²) in [7, 11) is 0. The van der Waals surface area contributed by atoms with Crippen LogP contribution in [0.15, 0.2) is 30.6 Å². The van der Waals surface area contributed by atoms with Crippen LogP contribution in [0.1, 0.15) is 29.7 Å². The number of hydrogen-bond acceptors (Lipinski definition) is 3. The van der Waals surface area contributed by atoms with Gasteiger partial charge in [0.25, 0.3) is 0 Å². The van der Waals surface area contributed by atoms with Crippen LogP contribution in [0.2, 0.25) is 0 Å². The van der Waals surface area contributed by atoms with Crippen molar-refractivity contribution in [3.8, 4) is 0 Å². The Balaban J connectivity index is 2.22. The van der Waals surface area contributed by atoms with Gasteiger partial charge in [-0.3, -0.25) is 16.0 Å². The minimum Gasteiger partial charge on any atom is -0.273 e. The molecule has 3 N–H and O–H groups in total. The molecule has 0 spiro atoms. The van der Waals surface area contributed by atoms with Gasteiger partial charge in [-0.15, -0.1) is 0 Å². The minimum absolute atomic E-state index is 0.120. The second kappa shape index (κ2) is 5.95. The number of benzene rings is 1. The van der Waals surface area contributed by atoms with Gasteiger partial charge in [0.1, 0.15) is 5.82 Å². The quantitative estimate of drug-likeness (QED) is 0.641. The summed E-state index contributed by atoms with van der Waals surface area (Å²) >= 11 is 0. The second-order valence-electron chi connectivity index (χ2n) is 4.63. The topological polar surface area (TPSA) is 55.9 Å². The zero-order valence-electron chi connectivity index (χ0n) is 11.2. The molecule has 1 unspecified atom stereocenters. The smallest absolute Gasteiger partial charge is 0.123 e. The van der Waals surface area contributed by atoms with Crippen LogP contribution in [-0.2, 0) is 13.0 Å². The molecule has 19 heavy (non-hydrogen) atoms. The molecule has 1 heterocycles. The summed E-state index contributed by atoms with van der Waals surface area (Å²) in [6.07, 6.45) is 4.49. The van der Waals surface area contributed by atoms with Crippen LogP contribution in [0.25, 0.3) is 0 Å². The summed E-state index contributed by atoms with van der Waals surface area (Å²) in [6, 6.07) is 4.64. The van der Waals surface area contributed by atoms with E-state index in [0.717, 1.165) is 23.2 Å². The maximum Gasteiger partial charge on any atom is 0.123 e. The molecule has 0 bridgehead atoms. The molecule has 0 aliphatic carbocycles. The van der Waals surface area contributed by atoms with E-state index in [1.165, 1.54) is 12.1 Å². The Hall–Kier alpha value is -1.72. The van der Waals surface area contributed by atoms with Crippen molar-refractivity contribution in [1.82, 2.24) is 15.2 Å². The molecule has 1 aromatic heterocycles. The maximum absolute atomic E-state index is 13.4. The fraction of sp³-hybridized carbons (Fsp3) is 0.357. The van der Waals surface area contributed by atoms with E-state index < -0.39 is 0 Å². The molecule has 4 nitrogen and oxygen atoms in total. The van der Waals surface area contributed by atoms with Gasteiger partial charge in [-0.1, -0.05) is 6.07 Å². The average Bonchev–Trinajstić information content (AvgIpc) is 2.87. The van der Waals surface area contributed by atoms with E-state index in [4.69, 9.17) is 5.84 Å². The van der Waals surface area contributed by atoms with Crippen molar-refractivity contribution in [2.75, 3.05) is 0 Å². The number of aromatic nitrogens is 2. The minimum atomic E-state index is -0.245. The molecule has 1 aromatic carbocycles. The first-order chi connectivity index (χ1) is 9.13. The summed E-state index contributed by atoms with van der Waals surface area (Å²) in [5, 5.41) is 4.23. The molecule has 0 fully saturated rings. The van der Waals surface area contributed by atoms with Crippen molar-refractivity contribution in [3.05, 3.63) is 53.1 Å². The molecule has 0 saturated heterocycles. The third-order valence-corrected chi connectivity index (χ3v) is 3.27. The molecule has 2 rings (SSSR count). The van der Waals surface area contributed by atoms with Crippen LogP contribution in [-0.4, -0.2) is 9.78 Å². The standard InChI is InChI=1S/C14H19FN4/c1-3-19-9-11(8-17-19)6-14(18-16)13-7-12(15)5-4-10(13)2/h4-5,7-9,14,18H,3,6,16H2,1-2H3. The number of nitrogens with one attached hydrogen (secondary N) is 1. The number of nitrogens with zero attached hydrogens (tertiary/aromatic N) is 2. The highest BCUT2D eigenvalue weighted by atomic mass is 19.1. The van der Waals surface area contributed by atoms with Gasteiger partial charge in [-0.05, 0) is 49.1 Å². The molecular formula is C14H19FN4. The largest absolute Gasteiger partial charge is 0.273 e. The Labute approximate surface area is 112 Å². The lowest BCUT2D eigenvalue weighted by Gasteiger charge is -2.18. The molecule has 0 aliphatic heterocycles. The van der Waals surface area contributed by atoms with Crippen molar-refractivity contribution in [2.45, 2.75) is 32.9 Å². The molecule has 0 aliphatic rings. The van der Waals surface area contributed by atoms with E-state index in [1.54, 1.807) is 6.07 Å². The van der Waals surface area contributed by atoms with E-state index in [0.29, 0.717) is 6.42 Å². The molecule has 2 aromatic rings. The van der Waals surface area contributed by atoms with Crippen molar-refractivity contribution in [1.29, 1.82) is 0 Å². The number of hydrazine groups is 1. The van der Waals surface area contributed by atoms with Crippen molar-refractivity contribution < 1.29 is 4.39 Å². The van der Waals surface area contributed by atoms with E-state index in [2.05, 4.69) is 10.5 Å². The predicted molar refractivity (Wildman–Crippen MR) is 72.8 cm³/mol. The first-order valence-corrected chi connectivity index (χ1v) is 6.37. The SMILES string of the molecule is CCn1cc(CC(NN)c2cc(F)ccc2C)cn1. The molecule has 0 amide bonds. The van der Waals surface area contributed by atoms with Gasteiger partial charge < -0.3 is 0 Å². The normalized spacial score (nSPS) is 12.6. The Kier molecular flexibility index (Phi) is 4.29. The van der Waals surface area contributed by atoms with Gasteiger partial charge in [0.05, 0.1) is 12.2 Å². The van der Waals surface area contributed by atoms with Crippen molar-refractivity contribution in [3.63, 3.8) is 0 Å². The highest BCUT2D eigenvalue weighted by Gasteiger charge is 2.14. The Morgan fingerprint density at radius 2 is 2.26 bits per heavy atom. The van der Waals surface area contributed by atoms with Gasteiger partial charge in [-0.25, -0.2) is 4.39 Å². The van der Waals surface area contributed by atoms with E-state index in [9.17, 15) is 4.39 Å². The maximum atomic E-state index is 13.4. The fourth-order valence-corrected chi connectivity index (χ4v) is 2.17.